The van der Waals surface area contributed by atoms with Gasteiger partial charge in [0.15, 0.2) is 0 Å². The zero-order valence-corrected chi connectivity index (χ0v) is 10.4. The Morgan fingerprint density at radius 2 is 2.00 bits per heavy atom. The molecule has 1 aromatic heterocycles. The van der Waals surface area contributed by atoms with E-state index in [1.807, 2.05) is 0 Å². The number of nitrogens with two attached hydrogens (primary N) is 1. The minimum Gasteiger partial charge on any atom is -0.321 e. The predicted molar refractivity (Wildman–Crippen MR) is 61.2 cm³/mol. The molecule has 0 saturated carbocycles. The molecule has 4 nitrogen and oxygen atoms in total. The van der Waals surface area contributed by atoms with Crippen LogP contribution in [0.2, 0.25) is 0 Å². The standard InChI is InChI=1S/C11H22N4/c1-8(2)6-15-7-13-14-10(15)9(12)11(3,4)5/h7-9H,6,12H2,1-5H3/t9-/m1/s1. The highest BCUT2D eigenvalue weighted by Crippen LogP contribution is 2.29. The molecule has 0 aliphatic rings. The van der Waals surface area contributed by atoms with Crippen LogP contribution in [0.1, 0.15) is 46.5 Å². The summed E-state index contributed by atoms with van der Waals surface area (Å²) < 4.78 is 2.06. The van der Waals surface area contributed by atoms with Crippen LogP contribution < -0.4 is 5.73 Å². The Morgan fingerprint density at radius 1 is 1.40 bits per heavy atom. The van der Waals surface area contributed by atoms with Gasteiger partial charge in [0, 0.05) is 6.54 Å². The van der Waals surface area contributed by atoms with Crippen LogP contribution in [0.5, 0.6) is 0 Å². The predicted octanol–water partition coefficient (Wildman–Crippen LogP) is 1.98. The second kappa shape index (κ2) is 4.31. The molecule has 0 amide bonds. The Morgan fingerprint density at radius 3 is 2.47 bits per heavy atom. The highest BCUT2D eigenvalue weighted by Gasteiger charge is 2.26. The quantitative estimate of drug-likeness (QED) is 0.830. The molecule has 1 heterocycles. The van der Waals surface area contributed by atoms with Crippen LogP contribution in [0, 0.1) is 11.3 Å². The average Bonchev–Trinajstić information content (AvgIpc) is 2.48. The Balaban J connectivity index is 2.90. The summed E-state index contributed by atoms with van der Waals surface area (Å²) in [6, 6.07) is -0.0706. The van der Waals surface area contributed by atoms with E-state index in [4.69, 9.17) is 5.73 Å². The highest BCUT2D eigenvalue weighted by molar-refractivity contribution is 4.99. The summed E-state index contributed by atoms with van der Waals surface area (Å²) >= 11 is 0. The fourth-order valence-corrected chi connectivity index (χ4v) is 1.43. The summed E-state index contributed by atoms with van der Waals surface area (Å²) in [6.07, 6.45) is 1.76. The van der Waals surface area contributed by atoms with Gasteiger partial charge in [0.05, 0.1) is 6.04 Å². The minimum atomic E-state index is -0.0706. The summed E-state index contributed by atoms with van der Waals surface area (Å²) in [7, 11) is 0. The maximum atomic E-state index is 6.17. The van der Waals surface area contributed by atoms with Crippen molar-refractivity contribution in [3.05, 3.63) is 12.2 Å². The molecule has 0 unspecified atom stereocenters. The van der Waals surface area contributed by atoms with Crippen molar-refractivity contribution in [2.75, 3.05) is 0 Å². The van der Waals surface area contributed by atoms with Crippen molar-refractivity contribution >= 4 is 0 Å². The number of hydrogen-bond donors (Lipinski definition) is 1. The molecule has 86 valence electrons. The van der Waals surface area contributed by atoms with Crippen LogP contribution in [0.25, 0.3) is 0 Å². The lowest BCUT2D eigenvalue weighted by Gasteiger charge is -2.26. The van der Waals surface area contributed by atoms with Crippen molar-refractivity contribution in [2.24, 2.45) is 17.1 Å². The first kappa shape index (κ1) is 12.2. The minimum absolute atomic E-state index is 0.0156. The van der Waals surface area contributed by atoms with E-state index >= 15 is 0 Å². The average molecular weight is 210 g/mol. The van der Waals surface area contributed by atoms with Gasteiger partial charge < -0.3 is 10.3 Å². The van der Waals surface area contributed by atoms with Gasteiger partial charge in [0.1, 0.15) is 12.2 Å². The van der Waals surface area contributed by atoms with Crippen molar-refractivity contribution in [2.45, 2.75) is 47.2 Å². The van der Waals surface area contributed by atoms with Gasteiger partial charge in [-0.25, -0.2) is 0 Å². The molecule has 0 radical (unpaired) electrons. The van der Waals surface area contributed by atoms with E-state index in [9.17, 15) is 0 Å². The van der Waals surface area contributed by atoms with Crippen LogP contribution in [0.15, 0.2) is 6.33 Å². The zero-order chi connectivity index (χ0) is 11.6. The SMILES string of the molecule is CC(C)Cn1cnnc1[C@@H](N)C(C)(C)C. The first-order valence-electron chi connectivity index (χ1n) is 5.45. The van der Waals surface area contributed by atoms with Gasteiger partial charge in [-0.2, -0.15) is 0 Å². The molecule has 0 saturated heterocycles. The van der Waals surface area contributed by atoms with E-state index in [1.165, 1.54) is 0 Å². The summed E-state index contributed by atoms with van der Waals surface area (Å²) in [5.74, 6) is 1.46. The Bertz CT molecular complexity index is 309. The van der Waals surface area contributed by atoms with Gasteiger partial charge in [-0.3, -0.25) is 0 Å². The first-order chi connectivity index (χ1) is 6.82. The molecule has 1 rings (SSSR count). The summed E-state index contributed by atoms with van der Waals surface area (Å²) in [4.78, 5) is 0. The van der Waals surface area contributed by atoms with Crippen molar-refractivity contribution in [3.63, 3.8) is 0 Å². The normalized spacial score (nSPS) is 14.6. The lowest BCUT2D eigenvalue weighted by atomic mass is 9.87. The van der Waals surface area contributed by atoms with Gasteiger partial charge in [-0.15, -0.1) is 10.2 Å². The monoisotopic (exact) mass is 210 g/mol. The molecule has 4 heteroatoms. The Kier molecular flexibility index (Phi) is 3.50. The molecule has 0 aromatic carbocycles. The highest BCUT2D eigenvalue weighted by atomic mass is 15.3. The molecule has 0 aliphatic carbocycles. The van der Waals surface area contributed by atoms with Crippen LogP contribution >= 0.6 is 0 Å². The maximum Gasteiger partial charge on any atom is 0.150 e. The number of hydrogen-bond acceptors (Lipinski definition) is 3. The van der Waals surface area contributed by atoms with Crippen molar-refractivity contribution in [3.8, 4) is 0 Å². The van der Waals surface area contributed by atoms with E-state index in [2.05, 4.69) is 49.4 Å². The summed E-state index contributed by atoms with van der Waals surface area (Å²) in [6.45, 7) is 11.6. The molecule has 1 atom stereocenters. The molecule has 15 heavy (non-hydrogen) atoms. The number of rotatable bonds is 3. The smallest absolute Gasteiger partial charge is 0.150 e. The number of nitrogens with zero attached hydrogens (tertiary/aromatic N) is 3. The second-order valence-electron chi connectivity index (χ2n) is 5.58. The lowest BCUT2D eigenvalue weighted by molar-refractivity contribution is 0.303. The molecule has 2 N–H and O–H groups in total. The number of aromatic nitrogens is 3. The molecule has 0 bridgehead atoms. The van der Waals surface area contributed by atoms with Gasteiger partial charge in [-0.05, 0) is 11.3 Å². The van der Waals surface area contributed by atoms with Gasteiger partial charge >= 0.3 is 0 Å². The molecule has 0 aliphatic heterocycles. The molecule has 0 fully saturated rings. The summed E-state index contributed by atoms with van der Waals surface area (Å²) in [5, 5.41) is 8.07. The van der Waals surface area contributed by atoms with Crippen LogP contribution in [0.3, 0.4) is 0 Å². The third-order valence-electron chi connectivity index (χ3n) is 2.42. The van der Waals surface area contributed by atoms with Gasteiger partial charge in [0.2, 0.25) is 0 Å². The summed E-state index contributed by atoms with van der Waals surface area (Å²) in [5.41, 5.74) is 6.19. The van der Waals surface area contributed by atoms with Gasteiger partial charge in [-0.1, -0.05) is 34.6 Å². The van der Waals surface area contributed by atoms with Crippen molar-refractivity contribution in [1.29, 1.82) is 0 Å². The fourth-order valence-electron chi connectivity index (χ4n) is 1.43. The van der Waals surface area contributed by atoms with Crippen LogP contribution in [-0.2, 0) is 6.54 Å². The molecular formula is C11H22N4. The van der Waals surface area contributed by atoms with Crippen molar-refractivity contribution in [1.82, 2.24) is 14.8 Å². The topological polar surface area (TPSA) is 56.7 Å². The van der Waals surface area contributed by atoms with E-state index in [0.29, 0.717) is 5.92 Å². The Hall–Kier alpha value is -0.900. The van der Waals surface area contributed by atoms with Gasteiger partial charge in [0.25, 0.3) is 0 Å². The zero-order valence-electron chi connectivity index (χ0n) is 10.4. The fraction of sp³-hybridized carbons (Fsp3) is 0.818. The largest absolute Gasteiger partial charge is 0.321 e. The van der Waals surface area contributed by atoms with Crippen molar-refractivity contribution < 1.29 is 0 Å². The first-order valence-corrected chi connectivity index (χ1v) is 5.45. The second-order valence-corrected chi connectivity index (χ2v) is 5.58. The molecule has 1 aromatic rings. The van der Waals surface area contributed by atoms with E-state index in [-0.39, 0.29) is 11.5 Å². The van der Waals surface area contributed by atoms with E-state index < -0.39 is 0 Å². The maximum absolute atomic E-state index is 6.17. The third-order valence-corrected chi connectivity index (χ3v) is 2.42. The molecular weight excluding hydrogens is 188 g/mol. The molecule has 0 spiro atoms. The van der Waals surface area contributed by atoms with Crippen LogP contribution in [-0.4, -0.2) is 14.8 Å². The lowest BCUT2D eigenvalue weighted by Crippen LogP contribution is -2.29. The van der Waals surface area contributed by atoms with Crippen LogP contribution in [0.4, 0.5) is 0 Å². The van der Waals surface area contributed by atoms with E-state index in [0.717, 1.165) is 12.4 Å². The Labute approximate surface area is 91.9 Å². The third kappa shape index (κ3) is 3.02. The van der Waals surface area contributed by atoms with E-state index in [1.54, 1.807) is 6.33 Å².